The third kappa shape index (κ3) is 5.06. The molecule has 0 aliphatic rings. The van der Waals surface area contributed by atoms with Crippen molar-refractivity contribution in [2.24, 2.45) is 7.05 Å². The Hall–Kier alpha value is -3.59. The average molecular weight is 411 g/mol. The van der Waals surface area contributed by atoms with E-state index in [1.54, 1.807) is 25.2 Å². The second-order valence-electron chi connectivity index (χ2n) is 7.42. The maximum atomic E-state index is 12.5. The smallest absolute Gasteiger partial charge is 0.352 e. The number of carbonyl (C=O) groups is 3. The van der Waals surface area contributed by atoms with Crippen molar-refractivity contribution < 1.29 is 19.5 Å². The number of amides is 2. The number of aryl methyl sites for hydroxylation is 1. The molecule has 0 fully saturated rings. The average Bonchev–Trinajstić information content (AvgIpc) is 3.24. The summed E-state index contributed by atoms with van der Waals surface area (Å²) in [5.74, 6) is -1.51. The van der Waals surface area contributed by atoms with Crippen LogP contribution in [0.5, 0.6) is 0 Å². The van der Waals surface area contributed by atoms with Gasteiger partial charge in [-0.3, -0.25) is 9.59 Å². The Kier molecular flexibility index (Phi) is 6.22. The molecule has 158 valence electrons. The van der Waals surface area contributed by atoms with Gasteiger partial charge in [-0.15, -0.1) is 0 Å². The van der Waals surface area contributed by atoms with Gasteiger partial charge in [0.15, 0.2) is 0 Å². The highest BCUT2D eigenvalue weighted by atomic mass is 16.4. The Morgan fingerprint density at radius 2 is 1.87 bits per heavy atom. The van der Waals surface area contributed by atoms with Crippen molar-refractivity contribution in [3.05, 3.63) is 47.9 Å². The largest absolute Gasteiger partial charge is 0.477 e. The van der Waals surface area contributed by atoms with Gasteiger partial charge < -0.3 is 30.2 Å². The van der Waals surface area contributed by atoms with Gasteiger partial charge in [-0.05, 0) is 51.3 Å². The molecule has 2 amide bonds. The van der Waals surface area contributed by atoms with Gasteiger partial charge in [0.05, 0.1) is 5.69 Å². The summed E-state index contributed by atoms with van der Waals surface area (Å²) in [5.41, 5.74) is 2.17. The number of nitrogens with zero attached hydrogens (tertiary/aromatic N) is 2. The molecule has 0 radical (unpaired) electrons. The second-order valence-corrected chi connectivity index (χ2v) is 7.42. The fourth-order valence-corrected chi connectivity index (χ4v) is 3.15. The van der Waals surface area contributed by atoms with E-state index >= 15 is 0 Å². The number of aromatic nitrogens is 2. The third-order valence-corrected chi connectivity index (χ3v) is 4.64. The maximum Gasteiger partial charge on any atom is 0.352 e. The van der Waals surface area contributed by atoms with Crippen molar-refractivity contribution >= 4 is 40.1 Å². The minimum atomic E-state index is -1.07. The summed E-state index contributed by atoms with van der Waals surface area (Å²) < 4.78 is 1.43. The molecule has 1 aromatic carbocycles. The van der Waals surface area contributed by atoms with Crippen LogP contribution in [0.4, 0.5) is 11.4 Å². The predicted molar refractivity (Wildman–Crippen MR) is 115 cm³/mol. The summed E-state index contributed by atoms with van der Waals surface area (Å²) in [4.78, 5) is 40.8. The van der Waals surface area contributed by atoms with Gasteiger partial charge in [0.1, 0.15) is 11.4 Å². The van der Waals surface area contributed by atoms with Crippen LogP contribution in [0.3, 0.4) is 0 Å². The Labute approximate surface area is 173 Å². The molecular weight excluding hydrogens is 386 g/mol. The summed E-state index contributed by atoms with van der Waals surface area (Å²) in [6.45, 7) is 0.844. The first-order valence-electron chi connectivity index (χ1n) is 9.51. The third-order valence-electron chi connectivity index (χ3n) is 4.64. The molecule has 2 aromatic heterocycles. The lowest BCUT2D eigenvalue weighted by atomic mass is 10.2. The molecule has 4 N–H and O–H groups in total. The highest BCUT2D eigenvalue weighted by Gasteiger charge is 2.15. The van der Waals surface area contributed by atoms with Gasteiger partial charge in [-0.25, -0.2) is 4.79 Å². The zero-order valence-electron chi connectivity index (χ0n) is 17.2. The predicted octanol–water partition coefficient (Wildman–Crippen LogP) is 2.74. The molecule has 30 heavy (non-hydrogen) atoms. The first-order valence-corrected chi connectivity index (χ1v) is 9.51. The first-order chi connectivity index (χ1) is 14.2. The molecule has 2 heterocycles. The minimum absolute atomic E-state index is 0.0564. The Morgan fingerprint density at radius 3 is 2.53 bits per heavy atom. The van der Waals surface area contributed by atoms with Gasteiger partial charge in [-0.1, -0.05) is 6.07 Å². The van der Waals surface area contributed by atoms with Crippen LogP contribution in [-0.2, 0) is 11.8 Å². The normalized spacial score (nSPS) is 11.1. The number of carbonyl (C=O) groups excluding carboxylic acids is 2. The summed E-state index contributed by atoms with van der Waals surface area (Å²) in [7, 11) is 5.53. The summed E-state index contributed by atoms with van der Waals surface area (Å²) in [6, 6.07) is 8.49. The van der Waals surface area contributed by atoms with Crippen LogP contribution in [0.25, 0.3) is 10.9 Å². The molecule has 0 aliphatic heterocycles. The minimum Gasteiger partial charge on any atom is -0.477 e. The molecule has 0 bridgehead atoms. The molecule has 0 saturated carbocycles. The van der Waals surface area contributed by atoms with Gasteiger partial charge in [0.2, 0.25) is 5.91 Å². The molecule has 0 saturated heterocycles. The SMILES string of the molecule is CN(C)CCCC(=O)Nc1ccc2cc(C(=O)Nc3cc(C(=O)O)n(C)c3)[nH]c2c1. The lowest BCUT2D eigenvalue weighted by Crippen LogP contribution is -2.17. The van der Waals surface area contributed by atoms with Crippen LogP contribution in [-0.4, -0.2) is 58.0 Å². The first kappa shape index (κ1) is 21.1. The van der Waals surface area contributed by atoms with Crippen molar-refractivity contribution in [2.75, 3.05) is 31.3 Å². The number of rotatable bonds is 8. The van der Waals surface area contributed by atoms with Crippen molar-refractivity contribution in [3.8, 4) is 0 Å². The maximum absolute atomic E-state index is 12.5. The van der Waals surface area contributed by atoms with Crippen LogP contribution in [0.15, 0.2) is 36.5 Å². The highest BCUT2D eigenvalue weighted by molar-refractivity contribution is 6.06. The molecule has 3 rings (SSSR count). The lowest BCUT2D eigenvalue weighted by Gasteiger charge is -2.09. The van der Waals surface area contributed by atoms with Crippen LogP contribution in [0.2, 0.25) is 0 Å². The van der Waals surface area contributed by atoms with Gasteiger partial charge in [-0.2, -0.15) is 0 Å². The topological polar surface area (TPSA) is 119 Å². The van der Waals surface area contributed by atoms with E-state index in [2.05, 4.69) is 15.6 Å². The number of fused-ring (bicyclic) bond motifs is 1. The van der Waals surface area contributed by atoms with E-state index in [0.29, 0.717) is 29.0 Å². The van der Waals surface area contributed by atoms with Crippen LogP contribution >= 0.6 is 0 Å². The summed E-state index contributed by atoms with van der Waals surface area (Å²) in [6.07, 6.45) is 2.74. The van der Waals surface area contributed by atoms with E-state index in [9.17, 15) is 14.4 Å². The van der Waals surface area contributed by atoms with Crippen molar-refractivity contribution in [3.63, 3.8) is 0 Å². The number of hydrogen-bond donors (Lipinski definition) is 4. The van der Waals surface area contributed by atoms with Crippen LogP contribution in [0, 0.1) is 0 Å². The quantitative estimate of drug-likeness (QED) is 0.454. The van der Waals surface area contributed by atoms with Crippen LogP contribution in [0.1, 0.15) is 33.8 Å². The Morgan fingerprint density at radius 1 is 1.10 bits per heavy atom. The number of aromatic carboxylic acids is 1. The second kappa shape index (κ2) is 8.83. The summed E-state index contributed by atoms with van der Waals surface area (Å²) in [5, 5.41) is 15.5. The fourth-order valence-electron chi connectivity index (χ4n) is 3.15. The fraction of sp³-hybridized carbons (Fsp3) is 0.286. The zero-order chi connectivity index (χ0) is 21.8. The lowest BCUT2D eigenvalue weighted by molar-refractivity contribution is -0.116. The van der Waals surface area contributed by atoms with Gasteiger partial charge in [0, 0.05) is 36.3 Å². The highest BCUT2D eigenvalue weighted by Crippen LogP contribution is 2.21. The molecule has 9 heteroatoms. The Bertz CT molecular complexity index is 1100. The molecule has 0 unspecified atom stereocenters. The van der Waals surface area contributed by atoms with E-state index < -0.39 is 5.97 Å². The number of carboxylic acids is 1. The number of anilines is 2. The van der Waals surface area contributed by atoms with E-state index in [1.807, 2.05) is 25.1 Å². The van der Waals surface area contributed by atoms with E-state index in [0.717, 1.165) is 18.4 Å². The monoisotopic (exact) mass is 411 g/mol. The van der Waals surface area contributed by atoms with Gasteiger partial charge in [0.25, 0.3) is 5.91 Å². The molecule has 0 atom stereocenters. The van der Waals surface area contributed by atoms with E-state index in [1.165, 1.54) is 16.8 Å². The molecular formula is C21H25N5O4. The van der Waals surface area contributed by atoms with Crippen molar-refractivity contribution in [2.45, 2.75) is 12.8 Å². The molecule has 0 spiro atoms. The zero-order valence-corrected chi connectivity index (χ0v) is 17.2. The molecule has 3 aromatic rings. The summed E-state index contributed by atoms with van der Waals surface area (Å²) >= 11 is 0. The number of H-pyrrole nitrogens is 1. The van der Waals surface area contributed by atoms with Crippen LogP contribution < -0.4 is 10.6 Å². The Balaban J connectivity index is 1.68. The van der Waals surface area contributed by atoms with Gasteiger partial charge >= 0.3 is 5.97 Å². The standard InChI is InChI=1S/C21H25N5O4/c1-25(2)8-4-5-19(27)22-14-7-6-13-9-17(24-16(13)10-14)20(28)23-15-11-18(21(29)30)26(3)12-15/h6-7,9-12,24H,4-5,8H2,1-3H3,(H,22,27)(H,23,28)(H,29,30). The molecule has 0 aliphatic carbocycles. The number of carboxylic acid groups (broad SMARTS) is 1. The number of hydrogen-bond acceptors (Lipinski definition) is 4. The number of benzene rings is 1. The van der Waals surface area contributed by atoms with E-state index in [-0.39, 0.29) is 17.5 Å². The number of nitrogens with one attached hydrogen (secondary N) is 3. The van der Waals surface area contributed by atoms with Crippen molar-refractivity contribution in [1.29, 1.82) is 0 Å². The molecule has 9 nitrogen and oxygen atoms in total. The van der Waals surface area contributed by atoms with E-state index in [4.69, 9.17) is 5.11 Å². The van der Waals surface area contributed by atoms with Crippen molar-refractivity contribution in [1.82, 2.24) is 14.5 Å². The number of aromatic amines is 1.